The first kappa shape index (κ1) is 14.9. The number of nitrogens with zero attached hydrogens (tertiary/aromatic N) is 2. The molecular formula is C17H17N4O3+. The third-order valence-electron chi connectivity index (χ3n) is 5.22. The Hall–Kier alpha value is -2.61. The van der Waals surface area contributed by atoms with Crippen molar-refractivity contribution in [1.29, 1.82) is 10.5 Å². The molecule has 2 fully saturated rings. The van der Waals surface area contributed by atoms with Crippen molar-refractivity contribution in [3.8, 4) is 17.9 Å². The number of nitrogens with two attached hydrogens (primary N) is 1. The second-order valence-corrected chi connectivity index (χ2v) is 6.13. The molecule has 24 heavy (non-hydrogen) atoms. The molecule has 122 valence electrons. The number of rotatable bonds is 3. The van der Waals surface area contributed by atoms with Crippen molar-refractivity contribution < 1.29 is 19.2 Å². The molecule has 1 aromatic carbocycles. The van der Waals surface area contributed by atoms with Crippen molar-refractivity contribution in [3.05, 3.63) is 29.8 Å². The minimum Gasteiger partial charge on any atom is -0.494 e. The van der Waals surface area contributed by atoms with Crippen LogP contribution in [-0.4, -0.2) is 31.6 Å². The normalized spacial score (nSPS) is 35.0. The average Bonchev–Trinajstić information content (AvgIpc) is 2.84. The molecule has 7 nitrogen and oxygen atoms in total. The molecule has 1 aliphatic carbocycles. The van der Waals surface area contributed by atoms with E-state index in [0.29, 0.717) is 19.8 Å². The number of fused-ring (bicyclic) bond motifs is 2. The van der Waals surface area contributed by atoms with Crippen molar-refractivity contribution in [3.63, 3.8) is 0 Å². The van der Waals surface area contributed by atoms with Crippen LogP contribution in [0.5, 0.6) is 5.75 Å². The van der Waals surface area contributed by atoms with E-state index >= 15 is 0 Å². The van der Waals surface area contributed by atoms with Crippen LogP contribution >= 0.6 is 0 Å². The molecular weight excluding hydrogens is 308 g/mol. The van der Waals surface area contributed by atoms with Crippen LogP contribution < -0.4 is 15.5 Å². The quantitative estimate of drug-likeness (QED) is 0.763. The number of ether oxygens (including phenoxy) is 3. The molecule has 1 spiro atoms. The first-order valence-electron chi connectivity index (χ1n) is 7.86. The highest BCUT2D eigenvalue weighted by molar-refractivity contribution is 5.95. The highest BCUT2D eigenvalue weighted by Crippen LogP contribution is 2.79. The summed E-state index contributed by atoms with van der Waals surface area (Å²) in [5.74, 6) is -0.810. The van der Waals surface area contributed by atoms with E-state index < -0.39 is 22.7 Å². The minimum atomic E-state index is -1.36. The average molecular weight is 325 g/mol. The molecule has 7 heteroatoms. The predicted octanol–water partition coefficient (Wildman–Crippen LogP) is -0.646. The summed E-state index contributed by atoms with van der Waals surface area (Å²) in [5, 5.41) is 19.9. The number of amidine groups is 1. The Bertz CT molecular complexity index is 801. The van der Waals surface area contributed by atoms with Crippen molar-refractivity contribution >= 4 is 5.84 Å². The third kappa shape index (κ3) is 1.40. The maximum atomic E-state index is 9.98. The summed E-state index contributed by atoms with van der Waals surface area (Å²) in [6, 6.07) is 11.9. The van der Waals surface area contributed by atoms with Gasteiger partial charge in [-0.25, -0.2) is 4.99 Å². The minimum absolute atomic E-state index is 0.229. The zero-order valence-electron chi connectivity index (χ0n) is 13.2. The monoisotopic (exact) mass is 325 g/mol. The zero-order chi connectivity index (χ0) is 17.0. The molecule has 1 saturated heterocycles. The van der Waals surface area contributed by atoms with Gasteiger partial charge in [-0.2, -0.15) is 10.5 Å². The van der Waals surface area contributed by atoms with Crippen molar-refractivity contribution in [2.24, 2.45) is 16.6 Å². The van der Waals surface area contributed by atoms with Gasteiger partial charge in [-0.1, -0.05) is 12.1 Å². The number of hydrogen-bond donors (Lipinski definition) is 2. The Labute approximate surface area is 139 Å². The molecule has 2 aliphatic heterocycles. The molecule has 0 bridgehead atoms. The van der Waals surface area contributed by atoms with E-state index in [-0.39, 0.29) is 5.84 Å². The van der Waals surface area contributed by atoms with Crippen LogP contribution in [0.3, 0.4) is 0 Å². The van der Waals surface area contributed by atoms with Crippen LogP contribution in [0.1, 0.15) is 18.4 Å². The maximum Gasteiger partial charge on any atom is 0.343 e. The van der Waals surface area contributed by atoms with Crippen LogP contribution in [0.15, 0.2) is 24.3 Å². The molecule has 0 radical (unpaired) electrons. The third-order valence-corrected chi connectivity index (χ3v) is 5.22. The largest absolute Gasteiger partial charge is 0.494 e. The summed E-state index contributed by atoms with van der Waals surface area (Å²) in [5.41, 5.74) is 4.60. The predicted molar refractivity (Wildman–Crippen MR) is 81.2 cm³/mol. The Morgan fingerprint density at radius 1 is 1.25 bits per heavy atom. The summed E-state index contributed by atoms with van der Waals surface area (Å²) in [6.45, 7) is 3.18. The van der Waals surface area contributed by atoms with Crippen LogP contribution in [0.4, 0.5) is 0 Å². The fraction of sp³-hybridized carbons (Fsp3) is 0.471. The zero-order valence-corrected chi connectivity index (χ0v) is 13.2. The molecule has 0 amide bonds. The van der Waals surface area contributed by atoms with Gasteiger partial charge in [0.15, 0.2) is 10.8 Å². The van der Waals surface area contributed by atoms with Gasteiger partial charge < -0.3 is 14.2 Å². The van der Waals surface area contributed by atoms with Gasteiger partial charge in [0.2, 0.25) is 0 Å². The Kier molecular flexibility index (Phi) is 2.93. The molecule has 2 heterocycles. The Morgan fingerprint density at radius 2 is 1.92 bits per heavy atom. The molecule has 4 rings (SSSR count). The van der Waals surface area contributed by atoms with Crippen molar-refractivity contribution in [2.45, 2.75) is 18.8 Å². The highest BCUT2D eigenvalue weighted by atomic mass is 16.8. The number of benzene rings is 1. The van der Waals surface area contributed by atoms with Crippen LogP contribution in [0.25, 0.3) is 0 Å². The van der Waals surface area contributed by atoms with E-state index in [1.165, 1.54) is 0 Å². The molecule has 0 aromatic heterocycles. The van der Waals surface area contributed by atoms with Gasteiger partial charge in [-0.3, -0.25) is 5.73 Å². The van der Waals surface area contributed by atoms with E-state index in [1.807, 2.05) is 31.2 Å². The number of nitrogens with one attached hydrogen (secondary N) is 1. The van der Waals surface area contributed by atoms with Crippen LogP contribution in [-0.2, 0) is 9.47 Å². The lowest BCUT2D eigenvalue weighted by atomic mass is 9.94. The summed E-state index contributed by atoms with van der Waals surface area (Å²) < 4.78 is 16.9. The van der Waals surface area contributed by atoms with Crippen molar-refractivity contribution in [1.82, 2.24) is 0 Å². The smallest absolute Gasteiger partial charge is 0.343 e. The first-order chi connectivity index (χ1) is 11.6. The fourth-order valence-corrected chi connectivity index (χ4v) is 4.24. The molecule has 3 atom stereocenters. The topological polar surface area (TPSA) is 115 Å². The van der Waals surface area contributed by atoms with Gasteiger partial charge in [-0.15, -0.1) is 0 Å². The maximum absolute atomic E-state index is 9.98. The number of hydrogen-bond acceptors (Lipinski definition) is 6. The van der Waals surface area contributed by atoms with Gasteiger partial charge in [-0.05, 0) is 24.6 Å². The fourth-order valence-electron chi connectivity index (χ4n) is 4.24. The van der Waals surface area contributed by atoms with E-state index in [1.54, 1.807) is 0 Å². The second kappa shape index (κ2) is 4.70. The Balaban J connectivity index is 1.82. The van der Waals surface area contributed by atoms with Gasteiger partial charge in [0.1, 0.15) is 5.75 Å². The van der Waals surface area contributed by atoms with Crippen molar-refractivity contribution in [2.75, 3.05) is 19.8 Å². The summed E-state index contributed by atoms with van der Waals surface area (Å²) >= 11 is 0. The molecule has 1 aromatic rings. The summed E-state index contributed by atoms with van der Waals surface area (Å²) in [4.78, 5) is 2.92. The van der Waals surface area contributed by atoms with E-state index in [9.17, 15) is 10.5 Å². The first-order valence-corrected chi connectivity index (χ1v) is 7.86. The lowest BCUT2D eigenvalue weighted by molar-refractivity contribution is -0.676. The lowest BCUT2D eigenvalue weighted by Crippen LogP contribution is -2.89. The van der Waals surface area contributed by atoms with Gasteiger partial charge in [0.05, 0.1) is 32.0 Å². The van der Waals surface area contributed by atoms with E-state index in [0.717, 1.165) is 11.3 Å². The summed E-state index contributed by atoms with van der Waals surface area (Å²) in [7, 11) is 0. The van der Waals surface area contributed by atoms with Gasteiger partial charge in [0, 0.05) is 5.92 Å². The van der Waals surface area contributed by atoms with E-state index in [2.05, 4.69) is 17.1 Å². The molecule has 3 aliphatic rings. The second-order valence-electron chi connectivity index (χ2n) is 6.13. The number of nitriles is 2. The van der Waals surface area contributed by atoms with Gasteiger partial charge >= 0.3 is 5.91 Å². The molecule has 3 N–H and O–H groups in total. The highest BCUT2D eigenvalue weighted by Gasteiger charge is 2.97. The summed E-state index contributed by atoms with van der Waals surface area (Å²) in [6.07, 6.45) is 0. The molecule has 1 saturated carbocycles. The standard InChI is InChI=1S/C17H16N4O3/c1-2-22-12-5-3-11(4-6-12)13-15(9-18)14(20)21-17(16(13,15)10-19)23-7-8-24-17/h3-6,13H,2,7-8H2,1H3,(H2,20,21)/p+1/t13-,15-,16-/m1/s1. The Morgan fingerprint density at radius 3 is 2.46 bits per heavy atom. The SMILES string of the molecule is CCOc1ccc([C@@H]2[C@]3(C#N)C(N)=[NH+]C4(OCCO4)[C@]23C#N)cc1. The van der Waals surface area contributed by atoms with Crippen LogP contribution in [0.2, 0.25) is 0 Å². The molecule has 0 unspecified atom stereocenters. The van der Waals surface area contributed by atoms with Crippen LogP contribution in [0, 0.1) is 33.5 Å². The lowest BCUT2D eigenvalue weighted by Gasteiger charge is -2.23. The van der Waals surface area contributed by atoms with Gasteiger partial charge in [0.25, 0.3) is 5.84 Å². The van der Waals surface area contributed by atoms with E-state index in [4.69, 9.17) is 19.9 Å².